The van der Waals surface area contributed by atoms with E-state index < -0.39 is 0 Å². The van der Waals surface area contributed by atoms with Crippen LogP contribution in [-0.2, 0) is 6.54 Å². The summed E-state index contributed by atoms with van der Waals surface area (Å²) in [5, 5.41) is 0.697. The topological polar surface area (TPSA) is 45.3 Å². The zero-order chi connectivity index (χ0) is 21.8. The van der Waals surface area contributed by atoms with E-state index in [1.807, 2.05) is 55.5 Å². The van der Waals surface area contributed by atoms with Gasteiger partial charge in [0.1, 0.15) is 11.5 Å². The van der Waals surface area contributed by atoms with Crippen molar-refractivity contribution < 1.29 is 4.74 Å². The lowest BCUT2D eigenvalue weighted by Gasteiger charge is -2.40. The zero-order valence-electron chi connectivity index (χ0n) is 19.0. The van der Waals surface area contributed by atoms with Crippen LogP contribution in [-0.4, -0.2) is 22.5 Å². The number of aryl methyl sites for hydroxylation is 1. The average molecular weight is 417 g/mol. The fourth-order valence-electron chi connectivity index (χ4n) is 6.27. The van der Waals surface area contributed by atoms with Crippen molar-refractivity contribution in [1.29, 1.82) is 0 Å². The molecule has 0 amide bonds. The Balaban J connectivity index is 1.47. The lowest BCUT2D eigenvalue weighted by atomic mass is 9.65. The Morgan fingerprint density at radius 2 is 1.84 bits per heavy atom. The number of hydrogen-bond donors (Lipinski definition) is 1. The van der Waals surface area contributed by atoms with E-state index in [1.165, 1.54) is 19.3 Å². The molecule has 5 rings (SSSR count). The van der Waals surface area contributed by atoms with Gasteiger partial charge in [-0.25, -0.2) is 0 Å². The van der Waals surface area contributed by atoms with Gasteiger partial charge in [-0.15, -0.1) is 0 Å². The number of nitrogens with zero attached hydrogens (tertiary/aromatic N) is 1. The van der Waals surface area contributed by atoms with E-state index >= 15 is 0 Å². The largest absolute Gasteiger partial charge is 0.457 e. The number of nitrogens with one attached hydrogen (secondary N) is 1. The van der Waals surface area contributed by atoms with Crippen molar-refractivity contribution in [2.75, 3.05) is 6.54 Å². The number of ether oxygens (including phenoxy) is 1. The first-order valence-corrected chi connectivity index (χ1v) is 11.3. The van der Waals surface area contributed by atoms with Gasteiger partial charge in [-0.05, 0) is 67.3 Å². The summed E-state index contributed by atoms with van der Waals surface area (Å²) >= 11 is 0. The summed E-state index contributed by atoms with van der Waals surface area (Å²) in [6.45, 7) is 11.0. The molecule has 4 heteroatoms. The predicted molar refractivity (Wildman–Crippen MR) is 126 cm³/mol. The molecular formula is C27H32N2O2. The minimum atomic E-state index is 0.121. The van der Waals surface area contributed by atoms with Crippen LogP contribution in [0.5, 0.6) is 11.5 Å². The number of H-pyrrole nitrogens is 1. The highest BCUT2D eigenvalue weighted by atomic mass is 16.5. The number of para-hydroxylation sites is 1. The molecule has 0 radical (unpaired) electrons. The number of aromatic amines is 1. The maximum Gasteiger partial charge on any atom is 0.194 e. The molecule has 3 aromatic rings. The van der Waals surface area contributed by atoms with E-state index in [4.69, 9.17) is 4.74 Å². The molecule has 1 saturated carbocycles. The maximum absolute atomic E-state index is 13.5. The summed E-state index contributed by atoms with van der Waals surface area (Å²) in [6.07, 6.45) is 3.72. The Morgan fingerprint density at radius 1 is 1.06 bits per heavy atom. The van der Waals surface area contributed by atoms with Gasteiger partial charge in [0, 0.05) is 41.3 Å². The molecule has 1 aliphatic carbocycles. The highest BCUT2D eigenvalue weighted by molar-refractivity contribution is 5.81. The van der Waals surface area contributed by atoms with Gasteiger partial charge in [0.25, 0.3) is 0 Å². The summed E-state index contributed by atoms with van der Waals surface area (Å²) in [7, 11) is 0. The third kappa shape index (κ3) is 3.89. The normalized spacial score (nSPS) is 25.1. The predicted octanol–water partition coefficient (Wildman–Crippen LogP) is 6.03. The number of hydrogen-bond acceptors (Lipinski definition) is 3. The lowest BCUT2D eigenvalue weighted by Crippen LogP contribution is -2.35. The third-order valence-electron chi connectivity index (χ3n) is 7.15. The van der Waals surface area contributed by atoms with Crippen LogP contribution in [0.4, 0.5) is 0 Å². The van der Waals surface area contributed by atoms with Crippen LogP contribution >= 0.6 is 0 Å². The fourth-order valence-corrected chi connectivity index (χ4v) is 6.27. The molecule has 2 unspecified atom stereocenters. The monoisotopic (exact) mass is 416 g/mol. The first-order chi connectivity index (χ1) is 14.7. The van der Waals surface area contributed by atoms with Gasteiger partial charge in [-0.2, -0.15) is 0 Å². The van der Waals surface area contributed by atoms with E-state index in [1.54, 1.807) is 0 Å². The van der Waals surface area contributed by atoms with Gasteiger partial charge < -0.3 is 9.72 Å². The van der Waals surface area contributed by atoms with Crippen LogP contribution in [0.25, 0.3) is 10.9 Å². The summed E-state index contributed by atoms with van der Waals surface area (Å²) in [5.74, 6) is 1.45. The SMILES string of the molecule is Cc1[nH]c2ccc(Oc3ccccc3)cc2c(=O)c1CN1CC2(C)CC1CC(C)(C)C2. The summed E-state index contributed by atoms with van der Waals surface area (Å²) in [5.41, 5.74) is 3.58. The molecular weight excluding hydrogens is 384 g/mol. The van der Waals surface area contributed by atoms with Crippen LogP contribution in [0.2, 0.25) is 0 Å². The molecule has 2 aliphatic rings. The molecule has 2 bridgehead atoms. The van der Waals surface area contributed by atoms with Crippen molar-refractivity contribution >= 4 is 10.9 Å². The second kappa shape index (κ2) is 7.23. The van der Waals surface area contributed by atoms with E-state index in [0.29, 0.717) is 28.0 Å². The molecule has 2 fully saturated rings. The third-order valence-corrected chi connectivity index (χ3v) is 7.15. The molecule has 1 saturated heterocycles. The van der Waals surface area contributed by atoms with Crippen molar-refractivity contribution in [3.63, 3.8) is 0 Å². The maximum atomic E-state index is 13.5. The summed E-state index contributed by atoms with van der Waals surface area (Å²) in [6, 6.07) is 16.0. The van der Waals surface area contributed by atoms with Crippen LogP contribution in [0.15, 0.2) is 53.3 Å². The van der Waals surface area contributed by atoms with Crippen LogP contribution in [0.3, 0.4) is 0 Å². The van der Waals surface area contributed by atoms with E-state index in [2.05, 4.69) is 30.7 Å². The number of pyridine rings is 1. The van der Waals surface area contributed by atoms with Gasteiger partial charge in [-0.1, -0.05) is 39.0 Å². The van der Waals surface area contributed by atoms with Gasteiger partial charge in [0.05, 0.1) is 0 Å². The smallest absolute Gasteiger partial charge is 0.194 e. The Morgan fingerprint density at radius 3 is 2.61 bits per heavy atom. The van der Waals surface area contributed by atoms with Gasteiger partial charge in [0.15, 0.2) is 5.43 Å². The number of likely N-dealkylation sites (tertiary alicyclic amines) is 1. The second-order valence-electron chi connectivity index (χ2n) is 10.8. The highest BCUT2D eigenvalue weighted by Crippen LogP contribution is 2.52. The van der Waals surface area contributed by atoms with Crippen molar-refractivity contribution in [3.05, 3.63) is 70.0 Å². The second-order valence-corrected chi connectivity index (χ2v) is 10.8. The van der Waals surface area contributed by atoms with Gasteiger partial charge in [-0.3, -0.25) is 9.69 Å². The average Bonchev–Trinajstić information content (AvgIpc) is 2.94. The molecule has 2 heterocycles. The molecule has 2 atom stereocenters. The number of aromatic nitrogens is 1. The Labute approximate surface area is 184 Å². The van der Waals surface area contributed by atoms with Crippen molar-refractivity contribution in [1.82, 2.24) is 9.88 Å². The molecule has 1 N–H and O–H groups in total. The van der Waals surface area contributed by atoms with Crippen molar-refractivity contribution in [2.45, 2.75) is 59.5 Å². The molecule has 2 aromatic carbocycles. The molecule has 31 heavy (non-hydrogen) atoms. The minimum Gasteiger partial charge on any atom is -0.457 e. The number of rotatable bonds is 4. The highest BCUT2D eigenvalue weighted by Gasteiger charge is 2.49. The van der Waals surface area contributed by atoms with E-state index in [-0.39, 0.29) is 5.43 Å². The van der Waals surface area contributed by atoms with Crippen molar-refractivity contribution in [2.24, 2.45) is 10.8 Å². The van der Waals surface area contributed by atoms with Gasteiger partial charge in [0.2, 0.25) is 0 Å². The molecule has 0 spiro atoms. The van der Waals surface area contributed by atoms with Crippen LogP contribution in [0.1, 0.15) is 51.3 Å². The summed E-state index contributed by atoms with van der Waals surface area (Å²) < 4.78 is 5.97. The standard InChI is InChI=1S/C27H32N2O2/c1-18-23(15-29-17-27(4)14-19(29)13-26(2,3)16-27)25(30)22-12-21(10-11-24(22)28-18)31-20-8-6-5-7-9-20/h5-12,19H,13-17H2,1-4H3,(H,28,30). The summed E-state index contributed by atoms with van der Waals surface area (Å²) in [4.78, 5) is 19.6. The number of benzene rings is 2. The van der Waals surface area contributed by atoms with Crippen molar-refractivity contribution in [3.8, 4) is 11.5 Å². The zero-order valence-corrected chi connectivity index (χ0v) is 19.0. The van der Waals surface area contributed by atoms with E-state index in [0.717, 1.165) is 35.6 Å². The Hall–Kier alpha value is -2.59. The van der Waals surface area contributed by atoms with Crippen LogP contribution < -0.4 is 10.2 Å². The number of fused-ring (bicyclic) bond motifs is 3. The quantitative estimate of drug-likeness (QED) is 0.565. The molecule has 1 aliphatic heterocycles. The van der Waals surface area contributed by atoms with Crippen LogP contribution in [0, 0.1) is 17.8 Å². The first kappa shape index (κ1) is 20.3. The van der Waals surface area contributed by atoms with Gasteiger partial charge >= 0.3 is 0 Å². The fraction of sp³-hybridized carbons (Fsp3) is 0.444. The Bertz CT molecular complexity index is 1180. The molecule has 162 valence electrons. The Kier molecular flexibility index (Phi) is 4.74. The molecule has 4 nitrogen and oxygen atoms in total. The minimum absolute atomic E-state index is 0.121. The van der Waals surface area contributed by atoms with E-state index in [9.17, 15) is 4.79 Å². The first-order valence-electron chi connectivity index (χ1n) is 11.3. The lowest BCUT2D eigenvalue weighted by molar-refractivity contribution is 0.126. The molecule has 1 aromatic heterocycles.